The first kappa shape index (κ1) is 16.1. The molecular weight excluding hydrogens is 264 g/mol. The minimum atomic E-state index is -1.14. The number of hydrogen-bond donors (Lipinski definition) is 2. The van der Waals surface area contributed by atoms with Crippen molar-refractivity contribution < 1.29 is 19.1 Å². The van der Waals surface area contributed by atoms with Gasteiger partial charge in [0.05, 0.1) is 6.54 Å². The van der Waals surface area contributed by atoms with Crippen LogP contribution in [-0.4, -0.2) is 51.2 Å². The molecule has 0 saturated heterocycles. The number of nitrogens with zero attached hydrogens (tertiary/aromatic N) is 3. The summed E-state index contributed by atoms with van der Waals surface area (Å²) in [5.74, 6) is -0.922. The van der Waals surface area contributed by atoms with Crippen molar-refractivity contribution in [3.8, 4) is 0 Å². The molecule has 1 rings (SSSR count). The molecule has 0 bridgehead atoms. The van der Waals surface area contributed by atoms with E-state index >= 15 is 0 Å². The molecule has 0 saturated carbocycles. The van der Waals surface area contributed by atoms with Gasteiger partial charge < -0.3 is 9.52 Å². The smallest absolute Gasteiger partial charge is 0.323 e. The predicted molar refractivity (Wildman–Crippen MR) is 71.4 cm³/mol. The number of carboxylic acid groups (broad SMARTS) is 1. The molecular formula is C12H20N4O4. The van der Waals surface area contributed by atoms with E-state index in [4.69, 9.17) is 9.52 Å². The largest absolute Gasteiger partial charge is 0.480 e. The predicted octanol–water partition coefficient (Wildman–Crippen LogP) is 0.926. The number of hydrogen-bond acceptors (Lipinski definition) is 6. The van der Waals surface area contributed by atoms with E-state index in [1.807, 2.05) is 13.8 Å². The second-order valence-corrected chi connectivity index (χ2v) is 5.37. The number of carboxylic acids is 1. The van der Waals surface area contributed by atoms with Crippen LogP contribution in [0.25, 0.3) is 0 Å². The van der Waals surface area contributed by atoms with E-state index in [9.17, 15) is 9.59 Å². The summed E-state index contributed by atoms with van der Waals surface area (Å²) in [7, 11) is 1.56. The first-order valence-corrected chi connectivity index (χ1v) is 6.22. The third-order valence-corrected chi connectivity index (χ3v) is 3.04. The van der Waals surface area contributed by atoms with E-state index in [-0.39, 0.29) is 18.5 Å². The molecule has 0 atom stereocenters. The Balaban J connectivity index is 2.61. The number of likely N-dealkylation sites (N-methyl/N-ethyl adjacent to an activating group) is 1. The Kier molecular flexibility index (Phi) is 4.83. The maximum atomic E-state index is 11.8. The highest BCUT2D eigenvalue weighted by Gasteiger charge is 2.33. The number of anilines is 1. The van der Waals surface area contributed by atoms with Gasteiger partial charge in [-0.2, -0.15) is 0 Å². The molecule has 20 heavy (non-hydrogen) atoms. The Morgan fingerprint density at radius 2 is 2.00 bits per heavy atom. The van der Waals surface area contributed by atoms with Gasteiger partial charge in [0.25, 0.3) is 0 Å². The summed E-state index contributed by atoms with van der Waals surface area (Å²) in [5.41, 5.74) is -1.14. The molecule has 1 amide bonds. The summed E-state index contributed by atoms with van der Waals surface area (Å²) in [5, 5.41) is 19.0. The van der Waals surface area contributed by atoms with Gasteiger partial charge in [-0.05, 0) is 20.9 Å². The summed E-state index contributed by atoms with van der Waals surface area (Å²) >= 11 is 0. The number of aliphatic carboxylic acids is 1. The lowest BCUT2D eigenvalue weighted by molar-refractivity contribution is -0.148. The lowest BCUT2D eigenvalue weighted by Gasteiger charge is -2.30. The van der Waals surface area contributed by atoms with Gasteiger partial charge in [-0.1, -0.05) is 18.9 Å². The number of rotatable bonds is 6. The zero-order chi connectivity index (χ0) is 15.5. The van der Waals surface area contributed by atoms with Crippen molar-refractivity contribution >= 4 is 17.9 Å². The Bertz CT molecular complexity index is 495. The highest BCUT2D eigenvalue weighted by atomic mass is 16.4. The van der Waals surface area contributed by atoms with Crippen LogP contribution in [0, 0.1) is 0 Å². The lowest BCUT2D eigenvalue weighted by atomic mass is 10.0. The van der Waals surface area contributed by atoms with Gasteiger partial charge in [0.15, 0.2) is 0 Å². The fraction of sp³-hybridized carbons (Fsp3) is 0.667. The van der Waals surface area contributed by atoms with Gasteiger partial charge in [0.2, 0.25) is 11.8 Å². The van der Waals surface area contributed by atoms with Gasteiger partial charge in [-0.3, -0.25) is 19.8 Å². The van der Waals surface area contributed by atoms with Crippen LogP contribution in [-0.2, 0) is 9.59 Å². The number of amides is 1. The molecule has 0 aliphatic carbocycles. The minimum absolute atomic E-state index is 0.0141. The van der Waals surface area contributed by atoms with Gasteiger partial charge in [0.1, 0.15) is 5.54 Å². The van der Waals surface area contributed by atoms with Crippen molar-refractivity contribution in [2.24, 2.45) is 0 Å². The summed E-state index contributed by atoms with van der Waals surface area (Å²) in [6.07, 6.45) is 0. The average molecular weight is 284 g/mol. The molecule has 0 spiro atoms. The van der Waals surface area contributed by atoms with Crippen LogP contribution in [0.2, 0.25) is 0 Å². The van der Waals surface area contributed by atoms with Crippen molar-refractivity contribution in [2.45, 2.75) is 39.2 Å². The Morgan fingerprint density at radius 1 is 1.40 bits per heavy atom. The third kappa shape index (κ3) is 3.77. The molecule has 8 heteroatoms. The second kappa shape index (κ2) is 6.00. The zero-order valence-corrected chi connectivity index (χ0v) is 12.3. The molecule has 0 aromatic carbocycles. The molecule has 112 valence electrons. The SMILES string of the molecule is CC(C)c1nnc(NC(=O)CN(C)C(C)(C)C(=O)O)o1. The first-order valence-electron chi connectivity index (χ1n) is 6.22. The highest BCUT2D eigenvalue weighted by molar-refractivity contribution is 5.90. The Hall–Kier alpha value is -1.96. The number of aromatic nitrogens is 2. The average Bonchev–Trinajstić information content (AvgIpc) is 2.76. The van der Waals surface area contributed by atoms with Gasteiger partial charge in [0, 0.05) is 5.92 Å². The molecule has 1 aromatic heterocycles. The van der Waals surface area contributed by atoms with Gasteiger partial charge >= 0.3 is 12.0 Å². The van der Waals surface area contributed by atoms with E-state index in [0.717, 1.165) is 0 Å². The second-order valence-electron chi connectivity index (χ2n) is 5.37. The van der Waals surface area contributed by atoms with Crippen LogP contribution in [0.5, 0.6) is 0 Å². The molecule has 0 aliphatic heterocycles. The van der Waals surface area contributed by atoms with Crippen LogP contribution >= 0.6 is 0 Å². The molecule has 1 aromatic rings. The van der Waals surface area contributed by atoms with Crippen LogP contribution in [0.4, 0.5) is 6.01 Å². The number of nitrogens with one attached hydrogen (secondary N) is 1. The van der Waals surface area contributed by atoms with Crippen molar-refractivity contribution in [1.82, 2.24) is 15.1 Å². The Morgan fingerprint density at radius 3 is 2.45 bits per heavy atom. The summed E-state index contributed by atoms with van der Waals surface area (Å²) < 4.78 is 5.24. The molecule has 1 heterocycles. The molecule has 0 fully saturated rings. The third-order valence-electron chi connectivity index (χ3n) is 3.04. The van der Waals surface area contributed by atoms with Gasteiger partial charge in [-0.15, -0.1) is 5.10 Å². The lowest BCUT2D eigenvalue weighted by Crippen LogP contribution is -2.50. The standard InChI is InChI=1S/C12H20N4O4/c1-7(2)9-14-15-11(20-9)13-8(17)6-16(5)12(3,4)10(18)19/h7H,6H2,1-5H3,(H,18,19)(H,13,15,17). The molecule has 8 nitrogen and oxygen atoms in total. The molecule has 0 radical (unpaired) electrons. The fourth-order valence-corrected chi connectivity index (χ4v) is 1.25. The summed E-state index contributed by atoms with van der Waals surface area (Å²) in [4.78, 5) is 24.3. The van der Waals surface area contributed by atoms with Crippen molar-refractivity contribution in [1.29, 1.82) is 0 Å². The quantitative estimate of drug-likeness (QED) is 0.799. The molecule has 0 unspecified atom stereocenters. The summed E-state index contributed by atoms with van der Waals surface area (Å²) in [6, 6.07) is 0.0141. The topological polar surface area (TPSA) is 109 Å². The minimum Gasteiger partial charge on any atom is -0.480 e. The van der Waals surface area contributed by atoms with E-state index < -0.39 is 17.4 Å². The van der Waals surface area contributed by atoms with Crippen molar-refractivity contribution in [3.63, 3.8) is 0 Å². The molecule has 0 aliphatic rings. The maximum absolute atomic E-state index is 11.8. The summed E-state index contributed by atoms with van der Waals surface area (Å²) in [6.45, 7) is 6.72. The maximum Gasteiger partial charge on any atom is 0.323 e. The van der Waals surface area contributed by atoms with Crippen LogP contribution in [0.15, 0.2) is 4.42 Å². The van der Waals surface area contributed by atoms with Gasteiger partial charge in [-0.25, -0.2) is 0 Å². The zero-order valence-electron chi connectivity index (χ0n) is 12.3. The highest BCUT2D eigenvalue weighted by Crippen LogP contribution is 2.15. The number of carbonyl (C=O) groups excluding carboxylic acids is 1. The molecule has 2 N–H and O–H groups in total. The van der Waals surface area contributed by atoms with E-state index in [2.05, 4.69) is 15.5 Å². The monoisotopic (exact) mass is 284 g/mol. The fourth-order valence-electron chi connectivity index (χ4n) is 1.25. The van der Waals surface area contributed by atoms with E-state index in [1.165, 1.54) is 18.7 Å². The van der Waals surface area contributed by atoms with Crippen LogP contribution in [0.1, 0.15) is 39.5 Å². The van der Waals surface area contributed by atoms with Crippen molar-refractivity contribution in [3.05, 3.63) is 5.89 Å². The van der Waals surface area contributed by atoms with Crippen molar-refractivity contribution in [2.75, 3.05) is 18.9 Å². The number of carbonyl (C=O) groups is 2. The van der Waals surface area contributed by atoms with E-state index in [1.54, 1.807) is 7.05 Å². The normalized spacial score (nSPS) is 11.9. The first-order chi connectivity index (χ1) is 9.14. The van der Waals surface area contributed by atoms with E-state index in [0.29, 0.717) is 5.89 Å². The van der Waals surface area contributed by atoms with Crippen LogP contribution < -0.4 is 5.32 Å². The van der Waals surface area contributed by atoms with Crippen LogP contribution in [0.3, 0.4) is 0 Å². The Labute approximate surface area is 117 Å².